The lowest BCUT2D eigenvalue weighted by atomic mass is 9.92. The summed E-state index contributed by atoms with van der Waals surface area (Å²) in [6, 6.07) is 8.01. The molecule has 3 N–H and O–H groups in total. The van der Waals surface area contributed by atoms with Crippen LogP contribution in [0.5, 0.6) is 0 Å². The molecule has 0 saturated carbocycles. The van der Waals surface area contributed by atoms with E-state index in [0.717, 1.165) is 19.4 Å². The number of carbonyl (C=O) groups is 1. The fourth-order valence-electron chi connectivity index (χ4n) is 4.01. The van der Waals surface area contributed by atoms with Gasteiger partial charge in [-0.05, 0) is 55.8 Å². The number of nitrogens with two attached hydrogens (primary N) is 1. The molecule has 2 saturated heterocycles. The van der Waals surface area contributed by atoms with Crippen molar-refractivity contribution in [3.05, 3.63) is 35.4 Å². The second-order valence-corrected chi connectivity index (χ2v) is 7.65. The van der Waals surface area contributed by atoms with E-state index in [2.05, 4.69) is 28.4 Å². The maximum Gasteiger partial charge on any atom is 0.237 e. The third-order valence-corrected chi connectivity index (χ3v) is 5.74. The maximum atomic E-state index is 12.5. The highest BCUT2D eigenvalue weighted by Crippen LogP contribution is 2.19. The summed E-state index contributed by atoms with van der Waals surface area (Å²) < 4.78 is 5.36. The van der Waals surface area contributed by atoms with Crippen molar-refractivity contribution >= 4 is 5.91 Å². The third-order valence-electron chi connectivity index (χ3n) is 5.74. The fraction of sp³-hybridized carbons (Fsp3) is 0.667. The smallest absolute Gasteiger partial charge is 0.237 e. The number of ether oxygens (including phenoxy) is 1. The molecule has 5 heteroatoms. The van der Waals surface area contributed by atoms with E-state index in [1.54, 1.807) is 0 Å². The average molecular weight is 360 g/mol. The number of nitrogens with zero attached hydrogens (tertiary/aromatic N) is 1. The van der Waals surface area contributed by atoms with E-state index in [1.165, 1.54) is 49.9 Å². The van der Waals surface area contributed by atoms with E-state index in [-0.39, 0.29) is 11.8 Å². The van der Waals surface area contributed by atoms with Gasteiger partial charge in [0.25, 0.3) is 0 Å². The zero-order chi connectivity index (χ0) is 18.2. The minimum atomic E-state index is -0.434. The van der Waals surface area contributed by atoms with Crippen molar-refractivity contribution in [3.8, 4) is 0 Å². The number of nitrogens with one attached hydrogen (secondary N) is 1. The van der Waals surface area contributed by atoms with Crippen molar-refractivity contribution in [1.82, 2.24) is 10.2 Å². The van der Waals surface area contributed by atoms with Crippen LogP contribution in [0.2, 0.25) is 0 Å². The van der Waals surface area contributed by atoms with Gasteiger partial charge in [0, 0.05) is 26.3 Å². The van der Waals surface area contributed by atoms with Crippen LogP contribution >= 0.6 is 0 Å². The second-order valence-electron chi connectivity index (χ2n) is 7.65. The van der Waals surface area contributed by atoms with Gasteiger partial charge in [0.1, 0.15) is 0 Å². The van der Waals surface area contributed by atoms with E-state index in [0.29, 0.717) is 19.8 Å². The molecule has 5 nitrogen and oxygen atoms in total. The summed E-state index contributed by atoms with van der Waals surface area (Å²) in [5, 5.41) is 3.06. The molecule has 0 radical (unpaired) electrons. The molecule has 2 heterocycles. The highest BCUT2D eigenvalue weighted by molar-refractivity contribution is 5.81. The van der Waals surface area contributed by atoms with Crippen LogP contribution in [0.1, 0.15) is 49.7 Å². The first-order valence-corrected chi connectivity index (χ1v) is 10.1. The molecule has 2 aliphatic rings. The predicted octanol–water partition coefficient (Wildman–Crippen LogP) is 2.43. The molecular formula is C21H33N3O2. The van der Waals surface area contributed by atoms with Gasteiger partial charge in [-0.2, -0.15) is 0 Å². The first-order chi connectivity index (χ1) is 12.7. The summed E-state index contributed by atoms with van der Waals surface area (Å²) in [7, 11) is 0. The molecule has 26 heavy (non-hydrogen) atoms. The first-order valence-electron chi connectivity index (χ1n) is 10.1. The Morgan fingerprint density at radius 3 is 2.46 bits per heavy atom. The van der Waals surface area contributed by atoms with Gasteiger partial charge < -0.3 is 15.8 Å². The summed E-state index contributed by atoms with van der Waals surface area (Å²) in [6.45, 7) is 5.30. The Bertz CT molecular complexity index is 564. The predicted molar refractivity (Wildman–Crippen MR) is 104 cm³/mol. The van der Waals surface area contributed by atoms with E-state index >= 15 is 0 Å². The van der Waals surface area contributed by atoms with Gasteiger partial charge >= 0.3 is 0 Å². The van der Waals surface area contributed by atoms with Gasteiger partial charge in [-0.15, -0.1) is 0 Å². The lowest BCUT2D eigenvalue weighted by Crippen LogP contribution is -2.46. The van der Waals surface area contributed by atoms with Crippen LogP contribution in [-0.2, 0) is 22.6 Å². The molecule has 1 amide bonds. The number of rotatable bonds is 6. The van der Waals surface area contributed by atoms with Gasteiger partial charge in [0.05, 0.1) is 6.04 Å². The molecule has 2 fully saturated rings. The minimum Gasteiger partial charge on any atom is -0.381 e. The Morgan fingerprint density at radius 1 is 1.12 bits per heavy atom. The molecule has 0 aromatic heterocycles. The van der Waals surface area contributed by atoms with Crippen molar-refractivity contribution in [2.24, 2.45) is 11.7 Å². The standard InChI is InChI=1S/C21H33N3O2/c22-20(17-9-13-26-14-10-17)21(25)23-15-18-7-3-4-8-19(18)16-24-11-5-1-2-6-12-24/h3-4,7-8,17,20H,1-2,5-6,9-16,22H2,(H,23,25). The van der Waals surface area contributed by atoms with Crippen molar-refractivity contribution < 1.29 is 9.53 Å². The largest absolute Gasteiger partial charge is 0.381 e. The topological polar surface area (TPSA) is 67.6 Å². The van der Waals surface area contributed by atoms with Gasteiger partial charge in [-0.3, -0.25) is 9.69 Å². The number of hydrogen-bond donors (Lipinski definition) is 2. The highest BCUT2D eigenvalue weighted by atomic mass is 16.5. The van der Waals surface area contributed by atoms with Crippen LogP contribution in [0.3, 0.4) is 0 Å². The molecule has 2 aliphatic heterocycles. The van der Waals surface area contributed by atoms with E-state index in [4.69, 9.17) is 10.5 Å². The van der Waals surface area contributed by atoms with Crippen molar-refractivity contribution in [2.45, 2.75) is 57.7 Å². The molecule has 0 bridgehead atoms. The number of carbonyl (C=O) groups excluding carboxylic acids is 1. The van der Waals surface area contributed by atoms with Crippen molar-refractivity contribution in [3.63, 3.8) is 0 Å². The van der Waals surface area contributed by atoms with Gasteiger partial charge in [0.15, 0.2) is 0 Å². The molecular weight excluding hydrogens is 326 g/mol. The number of amides is 1. The van der Waals surface area contributed by atoms with E-state index in [9.17, 15) is 4.79 Å². The first kappa shape index (κ1) is 19.3. The van der Waals surface area contributed by atoms with Gasteiger partial charge in [-0.1, -0.05) is 37.1 Å². The summed E-state index contributed by atoms with van der Waals surface area (Å²) in [5.41, 5.74) is 8.70. The zero-order valence-electron chi connectivity index (χ0n) is 15.8. The highest BCUT2D eigenvalue weighted by Gasteiger charge is 2.26. The van der Waals surface area contributed by atoms with Crippen molar-refractivity contribution in [1.29, 1.82) is 0 Å². The Labute approximate surface area is 157 Å². The summed E-state index contributed by atoms with van der Waals surface area (Å²) in [6.07, 6.45) is 7.02. The molecule has 1 unspecified atom stereocenters. The van der Waals surface area contributed by atoms with Gasteiger partial charge in [0.2, 0.25) is 5.91 Å². The van der Waals surface area contributed by atoms with Crippen LogP contribution in [0.4, 0.5) is 0 Å². The van der Waals surface area contributed by atoms with E-state index in [1.807, 2.05) is 6.07 Å². The molecule has 0 spiro atoms. The zero-order valence-corrected chi connectivity index (χ0v) is 15.8. The maximum absolute atomic E-state index is 12.5. The molecule has 1 atom stereocenters. The monoisotopic (exact) mass is 359 g/mol. The van der Waals surface area contributed by atoms with Gasteiger partial charge in [-0.25, -0.2) is 0 Å². The number of hydrogen-bond acceptors (Lipinski definition) is 4. The number of benzene rings is 1. The quantitative estimate of drug-likeness (QED) is 0.819. The summed E-state index contributed by atoms with van der Waals surface area (Å²) in [5.74, 6) is 0.192. The Kier molecular flexibility index (Phi) is 7.47. The molecule has 1 aromatic rings. The molecule has 1 aromatic carbocycles. The van der Waals surface area contributed by atoms with Crippen LogP contribution in [0.15, 0.2) is 24.3 Å². The minimum absolute atomic E-state index is 0.0403. The Balaban J connectivity index is 1.54. The SMILES string of the molecule is NC(C(=O)NCc1ccccc1CN1CCCCCC1)C1CCOCC1. The Morgan fingerprint density at radius 2 is 1.77 bits per heavy atom. The van der Waals surface area contributed by atoms with Crippen LogP contribution in [0, 0.1) is 5.92 Å². The van der Waals surface area contributed by atoms with E-state index < -0.39 is 6.04 Å². The second kappa shape index (κ2) is 10.0. The third kappa shape index (κ3) is 5.53. The Hall–Kier alpha value is -1.43. The fourth-order valence-corrected chi connectivity index (χ4v) is 4.01. The average Bonchev–Trinajstić information content (AvgIpc) is 2.96. The lowest BCUT2D eigenvalue weighted by molar-refractivity contribution is -0.124. The normalized spacial score (nSPS) is 21.1. The lowest BCUT2D eigenvalue weighted by Gasteiger charge is -2.27. The summed E-state index contributed by atoms with van der Waals surface area (Å²) in [4.78, 5) is 15.0. The summed E-state index contributed by atoms with van der Waals surface area (Å²) >= 11 is 0. The van der Waals surface area contributed by atoms with Crippen LogP contribution in [-0.4, -0.2) is 43.2 Å². The van der Waals surface area contributed by atoms with Crippen LogP contribution in [0.25, 0.3) is 0 Å². The van der Waals surface area contributed by atoms with Crippen LogP contribution < -0.4 is 11.1 Å². The van der Waals surface area contributed by atoms with Crippen molar-refractivity contribution in [2.75, 3.05) is 26.3 Å². The molecule has 144 valence electrons. The molecule has 3 rings (SSSR count). The number of likely N-dealkylation sites (tertiary alicyclic amines) is 1. The molecule has 0 aliphatic carbocycles.